The van der Waals surface area contributed by atoms with Crippen molar-refractivity contribution < 1.29 is 19.4 Å². The molecule has 2 aliphatic rings. The Bertz CT molecular complexity index is 560. The zero-order valence-electron chi connectivity index (χ0n) is 13.7. The molecule has 0 spiro atoms. The van der Waals surface area contributed by atoms with Crippen molar-refractivity contribution in [3.8, 4) is 5.75 Å². The van der Waals surface area contributed by atoms with E-state index >= 15 is 0 Å². The molecule has 0 bridgehead atoms. The molecular weight excluding hydrogens is 294 g/mol. The molecule has 1 fully saturated rings. The number of carbonyl (C=O) groups excluding carboxylic acids is 1. The standard InChI is InChI=1S/C18H25NO4/c1-22-17-9-15(11-20)19(10-17)18(21)12-23-16-7-6-13-4-2-3-5-14(13)8-16/h6-8,15,17,20H,2-5,9-12H2,1H3/t15-,17+/m0/s1. The summed E-state index contributed by atoms with van der Waals surface area (Å²) in [5, 5.41) is 9.43. The summed E-state index contributed by atoms with van der Waals surface area (Å²) < 4.78 is 11.0. The van der Waals surface area contributed by atoms with Gasteiger partial charge in [-0.1, -0.05) is 6.07 Å². The highest BCUT2D eigenvalue weighted by Crippen LogP contribution is 2.26. The van der Waals surface area contributed by atoms with Crippen molar-refractivity contribution >= 4 is 5.91 Å². The highest BCUT2D eigenvalue weighted by atomic mass is 16.5. The van der Waals surface area contributed by atoms with E-state index in [2.05, 4.69) is 12.1 Å². The predicted octanol–water partition coefficient (Wildman–Crippen LogP) is 1.55. The molecule has 5 heteroatoms. The maximum atomic E-state index is 12.4. The third-order valence-electron chi connectivity index (χ3n) is 4.92. The second kappa shape index (κ2) is 7.32. The van der Waals surface area contributed by atoms with Gasteiger partial charge in [-0.3, -0.25) is 4.79 Å². The summed E-state index contributed by atoms with van der Waals surface area (Å²) in [6.07, 6.45) is 5.38. The SMILES string of the molecule is CO[C@@H]1C[C@@H](CO)N(C(=O)COc2ccc3c(c2)CCCC3)C1. The lowest BCUT2D eigenvalue weighted by Gasteiger charge is -2.23. The van der Waals surface area contributed by atoms with Crippen molar-refractivity contribution in [2.75, 3.05) is 26.9 Å². The van der Waals surface area contributed by atoms with E-state index in [9.17, 15) is 9.90 Å². The summed E-state index contributed by atoms with van der Waals surface area (Å²) in [5.41, 5.74) is 2.74. The molecule has 1 aromatic carbocycles. The van der Waals surface area contributed by atoms with Gasteiger partial charge in [-0.25, -0.2) is 0 Å². The lowest BCUT2D eigenvalue weighted by Crippen LogP contribution is -2.40. The van der Waals surface area contributed by atoms with Gasteiger partial charge < -0.3 is 19.5 Å². The Balaban J connectivity index is 1.58. The van der Waals surface area contributed by atoms with Crippen LogP contribution in [-0.2, 0) is 22.4 Å². The molecule has 1 aromatic rings. The van der Waals surface area contributed by atoms with Gasteiger partial charge in [-0.2, -0.15) is 0 Å². The molecular formula is C18H25NO4. The summed E-state index contributed by atoms with van der Waals surface area (Å²) in [7, 11) is 1.64. The number of aryl methyl sites for hydroxylation is 2. The summed E-state index contributed by atoms with van der Waals surface area (Å²) >= 11 is 0. The average molecular weight is 319 g/mol. The van der Waals surface area contributed by atoms with E-state index in [1.165, 1.54) is 24.0 Å². The monoisotopic (exact) mass is 319 g/mol. The molecule has 0 radical (unpaired) electrons. The number of fused-ring (bicyclic) bond motifs is 1. The topological polar surface area (TPSA) is 59.0 Å². The maximum absolute atomic E-state index is 12.4. The molecule has 3 rings (SSSR count). The van der Waals surface area contributed by atoms with Crippen molar-refractivity contribution in [3.63, 3.8) is 0 Å². The van der Waals surface area contributed by atoms with Gasteiger partial charge in [-0.05, 0) is 55.4 Å². The van der Waals surface area contributed by atoms with Crippen molar-refractivity contribution in [2.45, 2.75) is 44.2 Å². The second-order valence-electron chi connectivity index (χ2n) is 6.40. The number of hydrogen-bond donors (Lipinski definition) is 1. The Morgan fingerprint density at radius 1 is 1.30 bits per heavy atom. The molecule has 5 nitrogen and oxygen atoms in total. The summed E-state index contributed by atoms with van der Waals surface area (Å²) in [4.78, 5) is 14.0. The molecule has 1 aliphatic heterocycles. The van der Waals surface area contributed by atoms with Crippen molar-refractivity contribution in [1.82, 2.24) is 4.90 Å². The van der Waals surface area contributed by atoms with E-state index in [4.69, 9.17) is 9.47 Å². The van der Waals surface area contributed by atoms with Gasteiger partial charge in [0, 0.05) is 13.7 Å². The minimum atomic E-state index is -0.167. The first-order valence-electron chi connectivity index (χ1n) is 8.39. The van der Waals surface area contributed by atoms with Crippen LogP contribution in [0.4, 0.5) is 0 Å². The third-order valence-corrected chi connectivity index (χ3v) is 4.92. The number of likely N-dealkylation sites (tertiary alicyclic amines) is 1. The largest absolute Gasteiger partial charge is 0.484 e. The zero-order valence-corrected chi connectivity index (χ0v) is 13.7. The Morgan fingerprint density at radius 2 is 2.09 bits per heavy atom. The number of hydrogen-bond acceptors (Lipinski definition) is 4. The molecule has 0 aromatic heterocycles. The van der Waals surface area contributed by atoms with Crippen LogP contribution in [0.5, 0.6) is 5.75 Å². The number of carbonyl (C=O) groups is 1. The number of amides is 1. The van der Waals surface area contributed by atoms with Crippen LogP contribution >= 0.6 is 0 Å². The van der Waals surface area contributed by atoms with Crippen LogP contribution in [0.3, 0.4) is 0 Å². The predicted molar refractivity (Wildman–Crippen MR) is 86.6 cm³/mol. The van der Waals surface area contributed by atoms with Crippen LogP contribution in [0.15, 0.2) is 18.2 Å². The fourth-order valence-corrected chi connectivity index (χ4v) is 3.55. The number of aliphatic hydroxyl groups excluding tert-OH is 1. The number of ether oxygens (including phenoxy) is 2. The Morgan fingerprint density at radius 3 is 2.83 bits per heavy atom. The number of benzene rings is 1. The van der Waals surface area contributed by atoms with E-state index < -0.39 is 0 Å². The van der Waals surface area contributed by atoms with Crippen LogP contribution in [0.2, 0.25) is 0 Å². The molecule has 1 heterocycles. The van der Waals surface area contributed by atoms with Crippen LogP contribution in [0.1, 0.15) is 30.4 Å². The highest BCUT2D eigenvalue weighted by Gasteiger charge is 2.34. The van der Waals surface area contributed by atoms with Crippen LogP contribution in [0, 0.1) is 0 Å². The van der Waals surface area contributed by atoms with Gasteiger partial charge in [0.2, 0.25) is 0 Å². The van der Waals surface area contributed by atoms with Crippen LogP contribution < -0.4 is 4.74 Å². The number of methoxy groups -OCH3 is 1. The van der Waals surface area contributed by atoms with Crippen molar-refractivity contribution in [1.29, 1.82) is 0 Å². The molecule has 126 valence electrons. The first kappa shape index (κ1) is 16.3. The maximum Gasteiger partial charge on any atom is 0.260 e. The molecule has 1 saturated heterocycles. The van der Waals surface area contributed by atoms with Gasteiger partial charge in [0.05, 0.1) is 18.8 Å². The third kappa shape index (κ3) is 3.67. The van der Waals surface area contributed by atoms with E-state index in [-0.39, 0.29) is 31.3 Å². The Labute approximate surface area is 137 Å². The summed E-state index contributed by atoms with van der Waals surface area (Å²) in [5.74, 6) is 0.656. The first-order valence-corrected chi connectivity index (χ1v) is 8.39. The summed E-state index contributed by atoms with van der Waals surface area (Å²) in [6.45, 7) is 0.490. The fourth-order valence-electron chi connectivity index (χ4n) is 3.55. The first-order chi connectivity index (χ1) is 11.2. The smallest absolute Gasteiger partial charge is 0.260 e. The second-order valence-corrected chi connectivity index (χ2v) is 6.40. The molecule has 1 aliphatic carbocycles. The van der Waals surface area contributed by atoms with Gasteiger partial charge in [-0.15, -0.1) is 0 Å². The molecule has 1 N–H and O–H groups in total. The molecule has 23 heavy (non-hydrogen) atoms. The lowest BCUT2D eigenvalue weighted by atomic mass is 9.92. The molecule has 2 atom stereocenters. The van der Waals surface area contributed by atoms with Gasteiger partial charge >= 0.3 is 0 Å². The number of nitrogens with zero attached hydrogens (tertiary/aromatic N) is 1. The van der Waals surface area contributed by atoms with E-state index in [1.807, 2.05) is 6.07 Å². The quantitative estimate of drug-likeness (QED) is 0.895. The normalized spacial score (nSPS) is 23.7. The van der Waals surface area contributed by atoms with Crippen LogP contribution in [-0.4, -0.2) is 54.9 Å². The van der Waals surface area contributed by atoms with Crippen molar-refractivity contribution in [2.24, 2.45) is 0 Å². The van der Waals surface area contributed by atoms with E-state index in [0.717, 1.165) is 18.6 Å². The zero-order chi connectivity index (χ0) is 16.2. The number of aliphatic hydroxyl groups is 1. The Hall–Kier alpha value is -1.59. The van der Waals surface area contributed by atoms with Gasteiger partial charge in [0.15, 0.2) is 6.61 Å². The lowest BCUT2D eigenvalue weighted by molar-refractivity contribution is -0.135. The Kier molecular flexibility index (Phi) is 5.18. The fraction of sp³-hybridized carbons (Fsp3) is 0.611. The highest BCUT2D eigenvalue weighted by molar-refractivity contribution is 5.78. The number of rotatable bonds is 5. The van der Waals surface area contributed by atoms with Crippen molar-refractivity contribution in [3.05, 3.63) is 29.3 Å². The molecule has 1 amide bonds. The minimum Gasteiger partial charge on any atom is -0.484 e. The minimum absolute atomic E-state index is 0.000144. The van der Waals surface area contributed by atoms with Crippen LogP contribution in [0.25, 0.3) is 0 Å². The van der Waals surface area contributed by atoms with E-state index in [0.29, 0.717) is 13.0 Å². The molecule has 0 saturated carbocycles. The average Bonchev–Trinajstić information content (AvgIpc) is 3.03. The van der Waals surface area contributed by atoms with Gasteiger partial charge in [0.1, 0.15) is 5.75 Å². The summed E-state index contributed by atoms with van der Waals surface area (Å²) in [6, 6.07) is 5.96. The molecule has 0 unspecified atom stereocenters. The van der Waals surface area contributed by atoms with E-state index in [1.54, 1.807) is 12.0 Å². The van der Waals surface area contributed by atoms with Gasteiger partial charge in [0.25, 0.3) is 5.91 Å².